The second kappa shape index (κ2) is 12.2. The lowest BCUT2D eigenvalue weighted by molar-refractivity contribution is 0.446. The van der Waals surface area contributed by atoms with Crippen LogP contribution in [0.5, 0.6) is 17.4 Å². The van der Waals surface area contributed by atoms with Gasteiger partial charge in [-0.15, -0.1) is 0 Å². The van der Waals surface area contributed by atoms with Crippen LogP contribution in [0.3, 0.4) is 0 Å². The summed E-state index contributed by atoms with van der Waals surface area (Å²) in [5, 5.41) is 11.7. The van der Waals surface area contributed by atoms with Gasteiger partial charge in [0.05, 0.1) is 11.4 Å². The third kappa shape index (κ3) is 6.69. The lowest BCUT2D eigenvalue weighted by Crippen LogP contribution is -2.17. The van der Waals surface area contributed by atoms with E-state index in [-0.39, 0.29) is 16.6 Å². The maximum Gasteiger partial charge on any atom is 0.219 e. The predicted molar refractivity (Wildman–Crippen MR) is 187 cm³/mol. The Morgan fingerprint density at radius 3 is 1.96 bits per heavy atom. The Labute approximate surface area is 271 Å². The Morgan fingerprint density at radius 1 is 0.565 bits per heavy atom. The quantitative estimate of drug-likeness (QED) is 0.205. The van der Waals surface area contributed by atoms with Crippen LogP contribution < -0.4 is 4.74 Å². The lowest BCUT2D eigenvalue weighted by atomic mass is 9.78. The van der Waals surface area contributed by atoms with Gasteiger partial charge < -0.3 is 9.84 Å². The van der Waals surface area contributed by atoms with E-state index in [1.165, 1.54) is 0 Å². The average Bonchev–Trinajstić information content (AvgIpc) is 3.04. The van der Waals surface area contributed by atoms with E-state index in [0.717, 1.165) is 50.2 Å². The molecule has 0 aliphatic carbocycles. The molecule has 0 unspecified atom stereocenters. The highest BCUT2D eigenvalue weighted by atomic mass is 16.5. The van der Waals surface area contributed by atoms with Crippen molar-refractivity contribution in [3.05, 3.63) is 133 Å². The first-order chi connectivity index (χ1) is 22.0. The van der Waals surface area contributed by atoms with Gasteiger partial charge >= 0.3 is 0 Å². The lowest BCUT2D eigenvalue weighted by Gasteiger charge is -2.27. The highest BCUT2D eigenvalue weighted by molar-refractivity contribution is 5.80. The third-order valence-corrected chi connectivity index (χ3v) is 8.09. The molecule has 0 aliphatic heterocycles. The molecule has 0 fully saturated rings. The maximum atomic E-state index is 11.7. The Bertz CT molecular complexity index is 1990. The van der Waals surface area contributed by atoms with Gasteiger partial charge in [-0.1, -0.05) is 90.1 Å². The zero-order valence-corrected chi connectivity index (χ0v) is 27.2. The fourth-order valence-corrected chi connectivity index (χ4v) is 5.48. The normalized spacial score (nSPS) is 11.8. The zero-order chi connectivity index (χ0) is 32.5. The van der Waals surface area contributed by atoms with Crippen molar-refractivity contribution in [2.75, 3.05) is 0 Å². The number of nitrogens with zero attached hydrogens (tertiary/aromatic N) is 3. The number of phenolic OH excluding ortho intramolecular Hbond substituents is 1. The standard InChI is InChI=1S/C41H39N3O2/c1-40(2,3)32-25-34(39(45)35(26-32)41(4,5)6)37-23-31(27-11-8-7-9-12-27)22-36(44-37)30-13-10-14-33(21-30)46-38-24-29(17-20-43-38)28-15-18-42-19-16-28/h7-26,45H,1-6H3. The van der Waals surface area contributed by atoms with Gasteiger partial charge in [-0.3, -0.25) is 4.98 Å². The predicted octanol–water partition coefficient (Wildman–Crippen LogP) is 10.6. The van der Waals surface area contributed by atoms with Crippen LogP contribution in [0.25, 0.3) is 44.8 Å². The Kier molecular flexibility index (Phi) is 8.18. The average molecular weight is 606 g/mol. The molecule has 1 N–H and O–H groups in total. The van der Waals surface area contributed by atoms with Crippen LogP contribution in [0.2, 0.25) is 0 Å². The summed E-state index contributed by atoms with van der Waals surface area (Å²) in [4.78, 5) is 13.7. The minimum atomic E-state index is -0.256. The summed E-state index contributed by atoms with van der Waals surface area (Å²) < 4.78 is 6.26. The highest BCUT2D eigenvalue weighted by Crippen LogP contribution is 2.43. The number of ether oxygens (including phenoxy) is 1. The number of aromatic nitrogens is 3. The van der Waals surface area contributed by atoms with E-state index in [9.17, 15) is 5.11 Å². The van der Waals surface area contributed by atoms with Crippen LogP contribution in [0.4, 0.5) is 0 Å². The van der Waals surface area contributed by atoms with Crippen molar-refractivity contribution >= 4 is 0 Å². The van der Waals surface area contributed by atoms with Crippen molar-refractivity contribution in [1.29, 1.82) is 0 Å². The SMILES string of the molecule is CC(C)(C)c1cc(-c2cc(-c3ccccc3)cc(-c3cccc(Oc4cc(-c5ccncc5)ccn4)c3)n2)c(O)c(C(C)(C)C)c1. The van der Waals surface area contributed by atoms with E-state index < -0.39 is 0 Å². The van der Waals surface area contributed by atoms with Crippen molar-refractivity contribution in [2.24, 2.45) is 0 Å². The first kappa shape index (κ1) is 30.7. The summed E-state index contributed by atoms with van der Waals surface area (Å²) in [5.41, 5.74) is 8.90. The number of phenols is 1. The second-order valence-corrected chi connectivity index (χ2v) is 13.7. The number of rotatable bonds is 6. The summed E-state index contributed by atoms with van der Waals surface area (Å²) >= 11 is 0. The van der Waals surface area contributed by atoms with E-state index in [1.807, 2.05) is 66.7 Å². The zero-order valence-electron chi connectivity index (χ0n) is 27.2. The van der Waals surface area contributed by atoms with E-state index in [0.29, 0.717) is 17.3 Å². The Hall–Kier alpha value is -5.29. The molecule has 230 valence electrons. The number of hydrogen-bond donors (Lipinski definition) is 1. The fraction of sp³-hybridized carbons (Fsp3) is 0.195. The van der Waals surface area contributed by atoms with E-state index in [2.05, 4.69) is 87.9 Å². The van der Waals surface area contributed by atoms with E-state index in [1.54, 1.807) is 18.6 Å². The molecule has 5 heteroatoms. The van der Waals surface area contributed by atoms with Gasteiger partial charge in [-0.25, -0.2) is 9.97 Å². The summed E-state index contributed by atoms with van der Waals surface area (Å²) in [6, 6.07) is 34.3. The van der Waals surface area contributed by atoms with Crippen LogP contribution in [-0.2, 0) is 10.8 Å². The van der Waals surface area contributed by atoms with Crippen LogP contribution in [0.1, 0.15) is 52.7 Å². The van der Waals surface area contributed by atoms with Crippen molar-refractivity contribution in [3.8, 4) is 62.1 Å². The second-order valence-electron chi connectivity index (χ2n) is 13.7. The number of benzene rings is 3. The summed E-state index contributed by atoms with van der Waals surface area (Å²) in [7, 11) is 0. The Morgan fingerprint density at radius 2 is 1.24 bits per heavy atom. The minimum absolute atomic E-state index is 0.114. The molecule has 0 saturated carbocycles. The monoisotopic (exact) mass is 605 g/mol. The number of hydrogen-bond acceptors (Lipinski definition) is 5. The molecule has 0 spiro atoms. The molecule has 5 nitrogen and oxygen atoms in total. The van der Waals surface area contributed by atoms with Crippen molar-refractivity contribution in [2.45, 2.75) is 52.4 Å². The van der Waals surface area contributed by atoms with Crippen LogP contribution in [0, 0.1) is 0 Å². The molecule has 3 aromatic heterocycles. The summed E-state index contributed by atoms with van der Waals surface area (Å²) in [6.45, 7) is 13.0. The third-order valence-electron chi connectivity index (χ3n) is 8.09. The molecular formula is C41H39N3O2. The smallest absolute Gasteiger partial charge is 0.219 e. The molecule has 3 aromatic carbocycles. The highest BCUT2D eigenvalue weighted by Gasteiger charge is 2.26. The van der Waals surface area contributed by atoms with Gasteiger partial charge in [-0.05, 0) is 87.2 Å². The first-order valence-electron chi connectivity index (χ1n) is 15.6. The van der Waals surface area contributed by atoms with Gasteiger partial charge in [0.15, 0.2) is 0 Å². The van der Waals surface area contributed by atoms with Gasteiger partial charge in [0.25, 0.3) is 0 Å². The minimum Gasteiger partial charge on any atom is -0.507 e. The van der Waals surface area contributed by atoms with Crippen LogP contribution in [-0.4, -0.2) is 20.1 Å². The molecule has 0 amide bonds. The molecule has 3 heterocycles. The molecule has 0 radical (unpaired) electrons. The molecule has 6 rings (SSSR count). The van der Waals surface area contributed by atoms with E-state index >= 15 is 0 Å². The van der Waals surface area contributed by atoms with Crippen molar-refractivity contribution in [1.82, 2.24) is 15.0 Å². The molecule has 0 atom stereocenters. The van der Waals surface area contributed by atoms with Gasteiger partial charge in [-0.2, -0.15) is 0 Å². The van der Waals surface area contributed by atoms with E-state index in [4.69, 9.17) is 9.72 Å². The van der Waals surface area contributed by atoms with Crippen LogP contribution >= 0.6 is 0 Å². The molecule has 0 aliphatic rings. The topological polar surface area (TPSA) is 68.1 Å². The Balaban J connectivity index is 1.46. The van der Waals surface area contributed by atoms with Gasteiger partial charge in [0.1, 0.15) is 11.5 Å². The molecular weight excluding hydrogens is 566 g/mol. The fourth-order valence-electron chi connectivity index (χ4n) is 5.48. The summed E-state index contributed by atoms with van der Waals surface area (Å²) in [5.74, 6) is 1.41. The van der Waals surface area contributed by atoms with Crippen molar-refractivity contribution in [3.63, 3.8) is 0 Å². The van der Waals surface area contributed by atoms with Crippen molar-refractivity contribution < 1.29 is 9.84 Å². The van der Waals surface area contributed by atoms with Gasteiger partial charge in [0, 0.05) is 41.3 Å². The molecule has 0 bridgehead atoms. The van der Waals surface area contributed by atoms with Gasteiger partial charge in [0.2, 0.25) is 5.88 Å². The summed E-state index contributed by atoms with van der Waals surface area (Å²) in [6.07, 6.45) is 5.29. The largest absolute Gasteiger partial charge is 0.507 e. The number of aromatic hydroxyl groups is 1. The number of pyridine rings is 3. The molecule has 0 saturated heterocycles. The molecule has 46 heavy (non-hydrogen) atoms. The first-order valence-corrected chi connectivity index (χ1v) is 15.6. The molecule has 6 aromatic rings. The van der Waals surface area contributed by atoms with Crippen LogP contribution in [0.15, 0.2) is 122 Å². The maximum absolute atomic E-state index is 11.7.